The monoisotopic (exact) mass is 446 g/mol. The summed E-state index contributed by atoms with van der Waals surface area (Å²) in [6.45, 7) is 2.05. The number of amides is 1. The van der Waals surface area contributed by atoms with E-state index in [1.807, 2.05) is 42.5 Å². The first kappa shape index (κ1) is 20.2. The Morgan fingerprint density at radius 1 is 1.22 bits per heavy atom. The second-order valence-electron chi connectivity index (χ2n) is 7.51. The highest BCUT2D eigenvalue weighted by Gasteiger charge is 2.29. The lowest BCUT2D eigenvalue weighted by atomic mass is 10.0. The van der Waals surface area contributed by atoms with Crippen LogP contribution in [0.25, 0.3) is 22.5 Å². The molecule has 0 aliphatic carbocycles. The van der Waals surface area contributed by atoms with Crippen LogP contribution in [0.15, 0.2) is 65.6 Å². The number of carbonyl (C=O) groups is 1. The van der Waals surface area contributed by atoms with Gasteiger partial charge in [-0.3, -0.25) is 14.8 Å². The van der Waals surface area contributed by atoms with E-state index in [0.717, 1.165) is 22.4 Å². The van der Waals surface area contributed by atoms with Crippen LogP contribution in [0.5, 0.6) is 5.75 Å². The smallest absolute Gasteiger partial charge is 0.257 e. The molecule has 3 heterocycles. The van der Waals surface area contributed by atoms with Crippen LogP contribution in [-0.4, -0.2) is 33.7 Å². The zero-order chi connectivity index (χ0) is 22.1. The number of aromatic nitrogens is 3. The SMILES string of the molecule is Cc1onc(-c2ccccc2)c1C(=O)NCC1Cc2cc(Cl)cc(-c3cnccn3)c2O1. The maximum Gasteiger partial charge on any atom is 0.257 e. The number of hydrogen-bond acceptors (Lipinski definition) is 6. The second kappa shape index (κ2) is 8.43. The van der Waals surface area contributed by atoms with Crippen molar-refractivity contribution in [3.05, 3.63) is 83.0 Å². The second-order valence-corrected chi connectivity index (χ2v) is 7.95. The van der Waals surface area contributed by atoms with E-state index in [0.29, 0.717) is 40.7 Å². The van der Waals surface area contributed by atoms with Crippen molar-refractivity contribution in [3.8, 4) is 28.3 Å². The molecule has 0 fully saturated rings. The van der Waals surface area contributed by atoms with E-state index < -0.39 is 0 Å². The number of carbonyl (C=O) groups excluding carboxylic acids is 1. The van der Waals surface area contributed by atoms with E-state index in [4.69, 9.17) is 20.9 Å². The first-order valence-corrected chi connectivity index (χ1v) is 10.5. The molecule has 1 aliphatic heterocycles. The van der Waals surface area contributed by atoms with E-state index in [1.165, 1.54) is 0 Å². The molecule has 1 N–H and O–H groups in total. The number of rotatable bonds is 5. The van der Waals surface area contributed by atoms with Gasteiger partial charge in [-0.2, -0.15) is 0 Å². The van der Waals surface area contributed by atoms with Gasteiger partial charge in [0.1, 0.15) is 28.9 Å². The fourth-order valence-corrected chi connectivity index (χ4v) is 4.11. The summed E-state index contributed by atoms with van der Waals surface area (Å²) in [6, 6.07) is 13.2. The molecule has 7 nitrogen and oxygen atoms in total. The summed E-state index contributed by atoms with van der Waals surface area (Å²) >= 11 is 6.32. The first-order valence-electron chi connectivity index (χ1n) is 10.2. The molecule has 0 saturated heterocycles. The molecule has 0 spiro atoms. The van der Waals surface area contributed by atoms with Crippen molar-refractivity contribution >= 4 is 17.5 Å². The molecule has 1 amide bonds. The molecule has 4 aromatic rings. The van der Waals surface area contributed by atoms with Gasteiger partial charge in [-0.25, -0.2) is 0 Å². The number of nitrogens with zero attached hydrogens (tertiary/aromatic N) is 3. The zero-order valence-electron chi connectivity index (χ0n) is 17.2. The van der Waals surface area contributed by atoms with Gasteiger partial charge in [0.25, 0.3) is 5.91 Å². The lowest BCUT2D eigenvalue weighted by molar-refractivity contribution is 0.0932. The molecule has 0 saturated carbocycles. The van der Waals surface area contributed by atoms with E-state index in [2.05, 4.69) is 20.4 Å². The third kappa shape index (κ3) is 3.83. The average molecular weight is 447 g/mol. The van der Waals surface area contributed by atoms with Gasteiger partial charge in [0.05, 0.1) is 18.4 Å². The average Bonchev–Trinajstić information content (AvgIpc) is 3.41. The molecular weight excluding hydrogens is 428 g/mol. The van der Waals surface area contributed by atoms with Crippen molar-refractivity contribution in [1.29, 1.82) is 0 Å². The van der Waals surface area contributed by atoms with Crippen LogP contribution in [0.2, 0.25) is 5.02 Å². The summed E-state index contributed by atoms with van der Waals surface area (Å²) in [5.41, 5.74) is 4.22. The molecule has 160 valence electrons. The number of benzene rings is 2. The summed E-state index contributed by atoms with van der Waals surface area (Å²) in [5.74, 6) is 0.934. The van der Waals surface area contributed by atoms with Crippen LogP contribution >= 0.6 is 11.6 Å². The number of nitrogens with one attached hydrogen (secondary N) is 1. The Bertz CT molecular complexity index is 1280. The fraction of sp³-hybridized carbons (Fsp3) is 0.167. The van der Waals surface area contributed by atoms with Crippen molar-refractivity contribution in [1.82, 2.24) is 20.4 Å². The normalized spacial score (nSPS) is 14.6. The predicted molar refractivity (Wildman–Crippen MR) is 120 cm³/mol. The summed E-state index contributed by atoms with van der Waals surface area (Å²) in [4.78, 5) is 21.5. The summed E-state index contributed by atoms with van der Waals surface area (Å²) in [5, 5.41) is 7.64. The topological polar surface area (TPSA) is 90.1 Å². The van der Waals surface area contributed by atoms with Crippen molar-refractivity contribution in [2.24, 2.45) is 0 Å². The van der Waals surface area contributed by atoms with Gasteiger partial charge >= 0.3 is 0 Å². The van der Waals surface area contributed by atoms with Crippen LogP contribution in [-0.2, 0) is 6.42 Å². The summed E-state index contributed by atoms with van der Waals surface area (Å²) in [7, 11) is 0. The third-order valence-corrected chi connectivity index (χ3v) is 5.55. The van der Waals surface area contributed by atoms with Gasteiger partial charge in [-0.1, -0.05) is 47.1 Å². The third-order valence-electron chi connectivity index (χ3n) is 5.33. The highest BCUT2D eigenvalue weighted by atomic mass is 35.5. The van der Waals surface area contributed by atoms with Crippen molar-refractivity contribution in [2.75, 3.05) is 6.54 Å². The number of fused-ring (bicyclic) bond motifs is 1. The number of halogens is 1. The molecule has 8 heteroatoms. The van der Waals surface area contributed by atoms with Gasteiger partial charge in [-0.15, -0.1) is 0 Å². The standard InChI is InChI=1S/C24H19ClN4O3/c1-14-21(22(29-32-14)15-5-3-2-4-6-15)24(30)28-12-18-10-16-9-17(25)11-19(23(16)31-18)20-13-26-7-8-27-20/h2-9,11,13,18H,10,12H2,1H3,(H,28,30). The van der Waals surface area contributed by atoms with E-state index >= 15 is 0 Å². The van der Waals surface area contributed by atoms with Crippen molar-refractivity contribution < 1.29 is 14.1 Å². The van der Waals surface area contributed by atoms with Crippen LogP contribution in [0.1, 0.15) is 21.7 Å². The van der Waals surface area contributed by atoms with Crippen LogP contribution in [0, 0.1) is 6.92 Å². The maximum absolute atomic E-state index is 13.0. The Balaban J connectivity index is 1.33. The minimum absolute atomic E-state index is 0.233. The lowest BCUT2D eigenvalue weighted by Gasteiger charge is -2.13. The number of ether oxygens (including phenoxy) is 1. The molecule has 32 heavy (non-hydrogen) atoms. The van der Waals surface area contributed by atoms with E-state index in [-0.39, 0.29) is 12.0 Å². The fourth-order valence-electron chi connectivity index (χ4n) is 3.86. The molecule has 0 bridgehead atoms. The van der Waals surface area contributed by atoms with Gasteiger partial charge in [0.2, 0.25) is 0 Å². The molecule has 1 atom stereocenters. The molecule has 1 aliphatic rings. The molecule has 1 unspecified atom stereocenters. The van der Waals surface area contributed by atoms with Gasteiger partial charge in [0.15, 0.2) is 0 Å². The highest BCUT2D eigenvalue weighted by Crippen LogP contribution is 2.40. The van der Waals surface area contributed by atoms with Crippen LogP contribution in [0.4, 0.5) is 0 Å². The molecule has 0 radical (unpaired) electrons. The quantitative estimate of drug-likeness (QED) is 0.485. The number of aryl methyl sites for hydroxylation is 1. The van der Waals surface area contributed by atoms with Crippen molar-refractivity contribution in [3.63, 3.8) is 0 Å². The summed E-state index contributed by atoms with van der Waals surface area (Å²) < 4.78 is 11.5. The lowest BCUT2D eigenvalue weighted by Crippen LogP contribution is -2.34. The Kier molecular flexibility index (Phi) is 5.33. The van der Waals surface area contributed by atoms with Gasteiger partial charge < -0.3 is 14.6 Å². The van der Waals surface area contributed by atoms with Gasteiger partial charge in [-0.05, 0) is 19.1 Å². The van der Waals surface area contributed by atoms with Gasteiger partial charge in [0, 0.05) is 40.5 Å². The Hall–Kier alpha value is -3.71. The van der Waals surface area contributed by atoms with Crippen LogP contribution in [0.3, 0.4) is 0 Å². The van der Waals surface area contributed by atoms with Crippen molar-refractivity contribution in [2.45, 2.75) is 19.4 Å². The van der Waals surface area contributed by atoms with Crippen LogP contribution < -0.4 is 10.1 Å². The number of hydrogen-bond donors (Lipinski definition) is 1. The minimum atomic E-state index is -0.255. The summed E-state index contributed by atoms with van der Waals surface area (Å²) in [6.07, 6.45) is 5.30. The Morgan fingerprint density at radius 3 is 2.84 bits per heavy atom. The highest BCUT2D eigenvalue weighted by molar-refractivity contribution is 6.31. The maximum atomic E-state index is 13.0. The molecule has 2 aromatic heterocycles. The van der Waals surface area contributed by atoms with E-state index in [9.17, 15) is 4.79 Å². The first-order chi connectivity index (χ1) is 15.6. The Morgan fingerprint density at radius 2 is 2.06 bits per heavy atom. The largest absolute Gasteiger partial charge is 0.487 e. The predicted octanol–water partition coefficient (Wildman–Crippen LogP) is 4.49. The Labute approximate surface area is 189 Å². The zero-order valence-corrected chi connectivity index (χ0v) is 18.0. The molecule has 5 rings (SSSR count). The minimum Gasteiger partial charge on any atom is -0.487 e. The van der Waals surface area contributed by atoms with E-state index in [1.54, 1.807) is 25.5 Å². The molecule has 2 aromatic carbocycles. The molecular formula is C24H19ClN4O3.